The summed E-state index contributed by atoms with van der Waals surface area (Å²) in [5.41, 5.74) is 2.56. The molecule has 1 aromatic rings. The van der Waals surface area contributed by atoms with Crippen molar-refractivity contribution in [1.29, 1.82) is 0 Å². The van der Waals surface area contributed by atoms with E-state index in [4.69, 9.17) is 0 Å². The quantitative estimate of drug-likeness (QED) is 0.890. The summed E-state index contributed by atoms with van der Waals surface area (Å²) in [6.45, 7) is 9.63. The highest BCUT2D eigenvalue weighted by Gasteiger charge is 2.09. The highest BCUT2D eigenvalue weighted by molar-refractivity contribution is 9.10. The van der Waals surface area contributed by atoms with Crippen LogP contribution in [0.3, 0.4) is 0 Å². The Balaban J connectivity index is 2.79. The van der Waals surface area contributed by atoms with Gasteiger partial charge < -0.3 is 10.2 Å². The summed E-state index contributed by atoms with van der Waals surface area (Å²) in [6.07, 6.45) is 0. The van der Waals surface area contributed by atoms with Crippen LogP contribution in [0.1, 0.15) is 33.3 Å². The van der Waals surface area contributed by atoms with Crippen molar-refractivity contribution in [2.24, 2.45) is 0 Å². The molecule has 0 amide bonds. The fourth-order valence-corrected chi connectivity index (χ4v) is 2.25. The van der Waals surface area contributed by atoms with Crippen LogP contribution in [0.2, 0.25) is 0 Å². The van der Waals surface area contributed by atoms with Gasteiger partial charge in [-0.2, -0.15) is 0 Å². The third kappa shape index (κ3) is 4.32. The Labute approximate surface area is 114 Å². The van der Waals surface area contributed by atoms with E-state index in [0.717, 1.165) is 11.0 Å². The van der Waals surface area contributed by atoms with Gasteiger partial charge in [0.15, 0.2) is 0 Å². The van der Waals surface area contributed by atoms with Crippen LogP contribution in [0.15, 0.2) is 22.7 Å². The second-order valence-corrected chi connectivity index (χ2v) is 5.88. The molecule has 0 spiro atoms. The Hall–Kier alpha value is -0.540. The minimum atomic E-state index is 0.505. The van der Waals surface area contributed by atoms with Crippen molar-refractivity contribution in [3.05, 3.63) is 28.2 Å². The van der Waals surface area contributed by atoms with Crippen LogP contribution in [-0.2, 0) is 6.54 Å². The molecule has 0 aliphatic heterocycles. The molecule has 0 fully saturated rings. The first-order valence-corrected chi connectivity index (χ1v) is 6.95. The molecule has 0 heterocycles. The van der Waals surface area contributed by atoms with Crippen molar-refractivity contribution in [1.82, 2.24) is 5.32 Å². The van der Waals surface area contributed by atoms with E-state index in [1.54, 1.807) is 0 Å². The van der Waals surface area contributed by atoms with Crippen molar-refractivity contribution >= 4 is 21.6 Å². The molecule has 1 aromatic carbocycles. The lowest BCUT2D eigenvalue weighted by Crippen LogP contribution is -2.26. The van der Waals surface area contributed by atoms with Gasteiger partial charge in [0.2, 0.25) is 0 Å². The number of rotatable bonds is 5. The molecular formula is C14H23BrN2. The smallest absolute Gasteiger partial charge is 0.0510 e. The van der Waals surface area contributed by atoms with Crippen molar-refractivity contribution < 1.29 is 0 Å². The number of hydrogen-bond acceptors (Lipinski definition) is 2. The zero-order valence-corrected chi connectivity index (χ0v) is 13.0. The topological polar surface area (TPSA) is 15.3 Å². The van der Waals surface area contributed by atoms with Crippen LogP contribution in [0, 0.1) is 0 Å². The molecule has 2 nitrogen and oxygen atoms in total. The minimum absolute atomic E-state index is 0.505. The molecule has 0 bridgehead atoms. The summed E-state index contributed by atoms with van der Waals surface area (Å²) in [4.78, 5) is 2.27. The summed E-state index contributed by atoms with van der Waals surface area (Å²) in [6, 6.07) is 7.59. The molecule has 0 aliphatic rings. The number of hydrogen-bond donors (Lipinski definition) is 1. The molecule has 0 radical (unpaired) electrons. The van der Waals surface area contributed by atoms with Crippen LogP contribution in [-0.4, -0.2) is 19.1 Å². The Morgan fingerprint density at radius 2 is 1.88 bits per heavy atom. The van der Waals surface area contributed by atoms with Crippen LogP contribution in [0.25, 0.3) is 0 Å². The Kier molecular flexibility index (Phi) is 5.47. The van der Waals surface area contributed by atoms with Crippen LogP contribution < -0.4 is 10.2 Å². The van der Waals surface area contributed by atoms with E-state index in [-0.39, 0.29) is 0 Å². The van der Waals surface area contributed by atoms with Crippen LogP contribution in [0.5, 0.6) is 0 Å². The zero-order chi connectivity index (χ0) is 13.0. The average molecular weight is 299 g/mol. The fourth-order valence-electron chi connectivity index (χ4n) is 1.55. The number of benzene rings is 1. The number of halogens is 1. The summed E-state index contributed by atoms with van der Waals surface area (Å²) in [5, 5.41) is 3.43. The van der Waals surface area contributed by atoms with Crippen LogP contribution in [0.4, 0.5) is 5.69 Å². The van der Waals surface area contributed by atoms with Gasteiger partial charge in [0.05, 0.1) is 5.69 Å². The summed E-state index contributed by atoms with van der Waals surface area (Å²) in [5.74, 6) is 0. The monoisotopic (exact) mass is 298 g/mol. The molecule has 1 N–H and O–H groups in total. The van der Waals surface area contributed by atoms with E-state index in [1.807, 2.05) is 0 Å². The average Bonchev–Trinajstić information content (AvgIpc) is 2.25. The zero-order valence-electron chi connectivity index (χ0n) is 11.4. The summed E-state index contributed by atoms with van der Waals surface area (Å²) < 4.78 is 1.16. The number of nitrogens with one attached hydrogen (secondary N) is 1. The maximum Gasteiger partial charge on any atom is 0.0510 e. The van der Waals surface area contributed by atoms with E-state index in [0.29, 0.717) is 12.1 Å². The number of nitrogens with zero attached hydrogens (tertiary/aromatic N) is 1. The minimum Gasteiger partial charge on any atom is -0.371 e. The third-order valence-corrected chi connectivity index (χ3v) is 3.52. The molecule has 1 rings (SSSR count). The number of anilines is 1. The maximum absolute atomic E-state index is 3.65. The lowest BCUT2D eigenvalue weighted by atomic mass is 10.1. The highest BCUT2D eigenvalue weighted by Crippen LogP contribution is 2.27. The third-order valence-electron chi connectivity index (χ3n) is 2.88. The molecule has 0 atom stereocenters. The lowest BCUT2D eigenvalue weighted by Gasteiger charge is -2.25. The lowest BCUT2D eigenvalue weighted by molar-refractivity contribution is 0.588. The fraction of sp³-hybridized carbons (Fsp3) is 0.571. The first-order valence-electron chi connectivity index (χ1n) is 6.16. The van der Waals surface area contributed by atoms with E-state index in [1.165, 1.54) is 11.3 Å². The van der Waals surface area contributed by atoms with Crippen molar-refractivity contribution in [3.8, 4) is 0 Å². The van der Waals surface area contributed by atoms with Gasteiger partial charge in [0.1, 0.15) is 0 Å². The molecule has 0 saturated heterocycles. The van der Waals surface area contributed by atoms with Gasteiger partial charge in [-0.05, 0) is 47.5 Å². The predicted molar refractivity (Wildman–Crippen MR) is 79.7 cm³/mol. The Bertz CT molecular complexity index is 361. The second kappa shape index (κ2) is 6.41. The van der Waals surface area contributed by atoms with E-state index < -0.39 is 0 Å². The normalized spacial score (nSPS) is 11.3. The van der Waals surface area contributed by atoms with Crippen molar-refractivity contribution in [3.63, 3.8) is 0 Å². The molecule has 96 valence electrons. The van der Waals surface area contributed by atoms with Crippen molar-refractivity contribution in [2.75, 3.05) is 11.9 Å². The van der Waals surface area contributed by atoms with Gasteiger partial charge in [0, 0.05) is 30.1 Å². The van der Waals surface area contributed by atoms with Gasteiger partial charge >= 0.3 is 0 Å². The van der Waals surface area contributed by atoms with E-state index >= 15 is 0 Å². The van der Waals surface area contributed by atoms with Gasteiger partial charge in [-0.15, -0.1) is 0 Å². The standard InChI is InChI=1S/C14H23BrN2/c1-10(2)16-9-12-6-7-14(13(15)8-12)17(5)11(3)4/h6-8,10-11,16H,9H2,1-5H3. The molecule has 0 aliphatic carbocycles. The Morgan fingerprint density at radius 1 is 1.24 bits per heavy atom. The van der Waals surface area contributed by atoms with Gasteiger partial charge in [-0.25, -0.2) is 0 Å². The first kappa shape index (κ1) is 14.5. The molecule has 0 aromatic heterocycles. The van der Waals surface area contributed by atoms with Gasteiger partial charge in [0.25, 0.3) is 0 Å². The SMILES string of the molecule is CC(C)NCc1ccc(N(C)C(C)C)c(Br)c1. The highest BCUT2D eigenvalue weighted by atomic mass is 79.9. The van der Waals surface area contributed by atoms with E-state index in [2.05, 4.69) is 79.1 Å². The second-order valence-electron chi connectivity index (χ2n) is 5.03. The predicted octanol–water partition coefficient (Wildman–Crippen LogP) is 3.79. The molecule has 3 heteroatoms. The van der Waals surface area contributed by atoms with Gasteiger partial charge in [-0.3, -0.25) is 0 Å². The molecule has 17 heavy (non-hydrogen) atoms. The first-order chi connectivity index (χ1) is 7.91. The summed E-state index contributed by atoms with van der Waals surface area (Å²) >= 11 is 3.65. The Morgan fingerprint density at radius 3 is 2.35 bits per heavy atom. The molecule has 0 saturated carbocycles. The van der Waals surface area contributed by atoms with E-state index in [9.17, 15) is 0 Å². The molecule has 0 unspecified atom stereocenters. The molecular weight excluding hydrogens is 276 g/mol. The summed E-state index contributed by atoms with van der Waals surface area (Å²) in [7, 11) is 2.12. The maximum atomic E-state index is 3.65. The van der Waals surface area contributed by atoms with Gasteiger partial charge in [-0.1, -0.05) is 19.9 Å². The van der Waals surface area contributed by atoms with Crippen LogP contribution >= 0.6 is 15.9 Å². The van der Waals surface area contributed by atoms with Crippen molar-refractivity contribution in [2.45, 2.75) is 46.3 Å². The largest absolute Gasteiger partial charge is 0.371 e.